The first-order chi connectivity index (χ1) is 4.16. The van der Waals surface area contributed by atoms with Crippen molar-refractivity contribution in [1.29, 1.82) is 0 Å². The Bertz CT molecular complexity index is 123. The van der Waals surface area contributed by atoms with Crippen LogP contribution in [0, 0.1) is 0 Å². The third-order valence-electron chi connectivity index (χ3n) is 1.08. The lowest BCUT2D eigenvalue weighted by molar-refractivity contribution is -0.116. The summed E-state index contributed by atoms with van der Waals surface area (Å²) in [7, 11) is 0. The zero-order chi connectivity index (χ0) is 7.28. The lowest BCUT2D eigenvalue weighted by atomic mass is 10.1. The largest absolute Gasteiger partial charge is 0.300 e. The number of Topliss-reactive ketones (excluding diaryl/α,β-unsaturated/α-hetero) is 1. The van der Waals surface area contributed by atoms with Gasteiger partial charge in [0.1, 0.15) is 5.78 Å². The van der Waals surface area contributed by atoms with E-state index in [9.17, 15) is 4.79 Å². The van der Waals surface area contributed by atoms with Crippen LogP contribution in [0.2, 0.25) is 0 Å². The Kier molecular flexibility index (Phi) is 4.02. The molecule has 0 aliphatic heterocycles. The van der Waals surface area contributed by atoms with E-state index in [0.717, 1.165) is 6.42 Å². The van der Waals surface area contributed by atoms with Gasteiger partial charge in [-0.2, -0.15) is 0 Å². The van der Waals surface area contributed by atoms with Crippen LogP contribution in [-0.2, 0) is 4.79 Å². The first-order valence-corrected chi connectivity index (χ1v) is 3.32. The van der Waals surface area contributed by atoms with Gasteiger partial charge in [0.2, 0.25) is 0 Å². The van der Waals surface area contributed by atoms with Crippen molar-refractivity contribution < 1.29 is 4.79 Å². The SMILES string of the molecule is CCC=C(C)CC(C)=O. The van der Waals surface area contributed by atoms with E-state index >= 15 is 0 Å². The Morgan fingerprint density at radius 3 is 2.33 bits per heavy atom. The van der Waals surface area contributed by atoms with Gasteiger partial charge in [0.15, 0.2) is 0 Å². The van der Waals surface area contributed by atoms with Gasteiger partial charge in [-0.3, -0.25) is 4.79 Å². The van der Waals surface area contributed by atoms with Crippen LogP contribution in [0.5, 0.6) is 0 Å². The van der Waals surface area contributed by atoms with Crippen molar-refractivity contribution in [2.45, 2.75) is 33.6 Å². The molecule has 0 saturated heterocycles. The Balaban J connectivity index is 3.62. The topological polar surface area (TPSA) is 17.1 Å². The minimum Gasteiger partial charge on any atom is -0.300 e. The summed E-state index contributed by atoms with van der Waals surface area (Å²) in [5.74, 6) is 0.247. The highest BCUT2D eigenvalue weighted by molar-refractivity contribution is 5.77. The van der Waals surface area contributed by atoms with Crippen LogP contribution in [-0.4, -0.2) is 5.78 Å². The molecule has 52 valence electrons. The Hall–Kier alpha value is -0.590. The maximum Gasteiger partial charge on any atom is 0.133 e. The minimum atomic E-state index is 0.247. The van der Waals surface area contributed by atoms with E-state index in [0.29, 0.717) is 6.42 Å². The number of allylic oxidation sites excluding steroid dienone is 2. The van der Waals surface area contributed by atoms with Gasteiger partial charge in [-0.25, -0.2) is 0 Å². The Morgan fingerprint density at radius 2 is 2.00 bits per heavy atom. The van der Waals surface area contributed by atoms with Gasteiger partial charge in [-0.1, -0.05) is 18.6 Å². The van der Waals surface area contributed by atoms with E-state index in [2.05, 4.69) is 13.0 Å². The number of ketones is 1. The molecule has 0 bridgehead atoms. The van der Waals surface area contributed by atoms with Gasteiger partial charge in [0.25, 0.3) is 0 Å². The monoisotopic (exact) mass is 126 g/mol. The molecule has 1 heteroatoms. The molecule has 0 rings (SSSR count). The second-order valence-electron chi connectivity index (χ2n) is 2.34. The second-order valence-corrected chi connectivity index (χ2v) is 2.34. The number of hydrogen-bond acceptors (Lipinski definition) is 1. The summed E-state index contributed by atoms with van der Waals surface area (Å²) in [6.07, 6.45) is 3.73. The zero-order valence-corrected chi connectivity index (χ0v) is 6.40. The van der Waals surface area contributed by atoms with Gasteiger partial charge in [-0.15, -0.1) is 0 Å². The van der Waals surface area contributed by atoms with E-state index in [1.54, 1.807) is 6.92 Å². The summed E-state index contributed by atoms with van der Waals surface area (Å²) >= 11 is 0. The molecule has 0 fully saturated rings. The van der Waals surface area contributed by atoms with Gasteiger partial charge in [0.05, 0.1) is 0 Å². The van der Waals surface area contributed by atoms with Crippen LogP contribution in [0.25, 0.3) is 0 Å². The first-order valence-electron chi connectivity index (χ1n) is 3.32. The van der Waals surface area contributed by atoms with E-state index in [1.165, 1.54) is 5.57 Å². The fraction of sp³-hybridized carbons (Fsp3) is 0.625. The van der Waals surface area contributed by atoms with Crippen molar-refractivity contribution in [3.63, 3.8) is 0 Å². The molecule has 0 N–H and O–H groups in total. The van der Waals surface area contributed by atoms with Crippen molar-refractivity contribution in [3.05, 3.63) is 11.6 Å². The molecule has 9 heavy (non-hydrogen) atoms. The van der Waals surface area contributed by atoms with Gasteiger partial charge in [-0.05, 0) is 20.3 Å². The van der Waals surface area contributed by atoms with Crippen LogP contribution in [0.1, 0.15) is 33.6 Å². The average molecular weight is 126 g/mol. The third-order valence-corrected chi connectivity index (χ3v) is 1.08. The maximum atomic E-state index is 10.5. The normalized spacial score (nSPS) is 11.7. The highest BCUT2D eigenvalue weighted by Crippen LogP contribution is 2.00. The van der Waals surface area contributed by atoms with Gasteiger partial charge < -0.3 is 0 Å². The van der Waals surface area contributed by atoms with Gasteiger partial charge >= 0.3 is 0 Å². The standard InChI is InChI=1S/C8H14O/c1-4-5-7(2)6-8(3)9/h5H,4,6H2,1-3H3. The number of carbonyl (C=O) groups is 1. The van der Waals surface area contributed by atoms with Crippen LogP contribution < -0.4 is 0 Å². The first kappa shape index (κ1) is 8.41. The molecule has 0 aliphatic carbocycles. The molecule has 0 unspecified atom stereocenters. The number of hydrogen-bond donors (Lipinski definition) is 0. The summed E-state index contributed by atoms with van der Waals surface area (Å²) in [4.78, 5) is 10.5. The second kappa shape index (κ2) is 4.30. The fourth-order valence-corrected chi connectivity index (χ4v) is 0.813. The molecular formula is C8H14O. The molecule has 0 aromatic rings. The van der Waals surface area contributed by atoms with Crippen molar-refractivity contribution in [2.24, 2.45) is 0 Å². The summed E-state index contributed by atoms with van der Waals surface area (Å²) in [5, 5.41) is 0. The van der Waals surface area contributed by atoms with Crippen LogP contribution in [0.3, 0.4) is 0 Å². The van der Waals surface area contributed by atoms with E-state index in [-0.39, 0.29) is 5.78 Å². The molecule has 1 nitrogen and oxygen atoms in total. The van der Waals surface area contributed by atoms with E-state index in [1.807, 2.05) is 6.92 Å². The predicted octanol–water partition coefficient (Wildman–Crippen LogP) is 2.32. The summed E-state index contributed by atoms with van der Waals surface area (Å²) in [5.41, 5.74) is 1.19. The predicted molar refractivity (Wildman–Crippen MR) is 39.3 cm³/mol. The van der Waals surface area contributed by atoms with Gasteiger partial charge in [0, 0.05) is 6.42 Å². The molecule has 0 aromatic carbocycles. The summed E-state index contributed by atoms with van der Waals surface area (Å²) < 4.78 is 0. The highest BCUT2D eigenvalue weighted by atomic mass is 16.1. The lowest BCUT2D eigenvalue weighted by Crippen LogP contribution is -1.89. The highest BCUT2D eigenvalue weighted by Gasteiger charge is 1.92. The van der Waals surface area contributed by atoms with Crippen LogP contribution >= 0.6 is 0 Å². The molecule has 0 heterocycles. The van der Waals surface area contributed by atoms with E-state index < -0.39 is 0 Å². The third kappa shape index (κ3) is 5.28. The number of carbonyl (C=O) groups excluding carboxylic acids is 1. The summed E-state index contributed by atoms with van der Waals surface area (Å²) in [6, 6.07) is 0. The molecule has 0 spiro atoms. The molecule has 0 saturated carbocycles. The molecule has 0 radical (unpaired) electrons. The molecule has 0 aromatic heterocycles. The number of rotatable bonds is 3. The average Bonchev–Trinajstić information content (AvgIpc) is 1.63. The smallest absolute Gasteiger partial charge is 0.133 e. The van der Waals surface area contributed by atoms with Crippen molar-refractivity contribution in [3.8, 4) is 0 Å². The van der Waals surface area contributed by atoms with Crippen molar-refractivity contribution in [1.82, 2.24) is 0 Å². The maximum absolute atomic E-state index is 10.5. The van der Waals surface area contributed by atoms with Crippen LogP contribution in [0.15, 0.2) is 11.6 Å². The molecule has 0 amide bonds. The van der Waals surface area contributed by atoms with Crippen molar-refractivity contribution >= 4 is 5.78 Å². The Labute approximate surface area is 56.8 Å². The molecule has 0 aliphatic rings. The molecular weight excluding hydrogens is 112 g/mol. The zero-order valence-electron chi connectivity index (χ0n) is 6.40. The van der Waals surface area contributed by atoms with Crippen molar-refractivity contribution in [2.75, 3.05) is 0 Å². The minimum absolute atomic E-state index is 0.247. The quantitative estimate of drug-likeness (QED) is 0.530. The lowest BCUT2D eigenvalue weighted by Gasteiger charge is -1.93. The molecule has 0 atom stereocenters. The Morgan fingerprint density at radius 1 is 1.44 bits per heavy atom. The van der Waals surface area contributed by atoms with Crippen LogP contribution in [0.4, 0.5) is 0 Å². The summed E-state index contributed by atoms with van der Waals surface area (Å²) in [6.45, 7) is 5.68. The fourth-order valence-electron chi connectivity index (χ4n) is 0.813. The van der Waals surface area contributed by atoms with E-state index in [4.69, 9.17) is 0 Å².